The molecule has 9 heteroatoms. The van der Waals surface area contributed by atoms with Crippen LogP contribution in [-0.2, 0) is 0 Å². The topological polar surface area (TPSA) is 38.6 Å². The van der Waals surface area contributed by atoms with Crippen molar-refractivity contribution >= 4 is 143 Å². The molecule has 0 atom stereocenters. The van der Waals surface area contributed by atoms with E-state index < -0.39 is 6.71 Å². The fourth-order valence-corrected chi connectivity index (χ4v) is 15.5. The van der Waals surface area contributed by atoms with Crippen LogP contribution in [-0.4, -0.2) is 13.4 Å². The number of hydrogen-bond acceptors (Lipinski definition) is 7. The van der Waals surface area contributed by atoms with Gasteiger partial charge < -0.3 is 33.7 Å². The molecule has 0 N–H and O–H groups in total. The number of furan rings is 1. The van der Waals surface area contributed by atoms with Gasteiger partial charge in [0.15, 0.2) is 0 Å². The summed E-state index contributed by atoms with van der Waals surface area (Å²) in [5, 5.41) is 1.03. The number of fused-ring (bicyclic) bond motifs is 10. The average molecular weight is 1210 g/mol. The number of rotatable bonds is 11. The lowest BCUT2D eigenvalue weighted by Gasteiger charge is -2.46. The van der Waals surface area contributed by atoms with E-state index in [9.17, 15) is 0 Å². The summed E-state index contributed by atoms with van der Waals surface area (Å²) in [7, 11) is 0. The molecule has 15 aromatic rings. The van der Waals surface area contributed by atoms with Crippen molar-refractivity contribution in [2.75, 3.05) is 24.5 Å². The van der Waals surface area contributed by atoms with Crippen LogP contribution in [0.4, 0.5) is 85.3 Å². The first-order valence-corrected chi connectivity index (χ1v) is 32.6. The van der Waals surface area contributed by atoms with Crippen LogP contribution in [0.3, 0.4) is 0 Å². The second-order valence-electron chi connectivity index (χ2n) is 24.7. The Morgan fingerprint density at radius 3 is 1.28 bits per heavy atom. The summed E-state index contributed by atoms with van der Waals surface area (Å²) in [5.41, 5.74) is 27.3. The molecule has 0 amide bonds. The van der Waals surface area contributed by atoms with Gasteiger partial charge in [-0.05, 0) is 142 Å². The van der Waals surface area contributed by atoms with Crippen molar-refractivity contribution in [3.63, 3.8) is 0 Å². The van der Waals surface area contributed by atoms with Crippen LogP contribution in [0.1, 0.15) is 0 Å². The molecule has 14 aromatic carbocycles. The van der Waals surface area contributed by atoms with Gasteiger partial charge in [-0.2, -0.15) is 0 Å². The quantitative estimate of drug-likeness (QED) is 0.120. The summed E-state index contributed by atoms with van der Waals surface area (Å²) in [4.78, 5) is 12.3. The van der Waals surface area contributed by atoms with Gasteiger partial charge in [-0.15, -0.1) is 0 Å². The highest BCUT2D eigenvalue weighted by Gasteiger charge is 2.50. The SMILES string of the molecule is c1ccc(-c2cccc(-c3ccccc3)c2N2c3cc4c(cc3B3c5ccccc5N(c5ccccc5)c5cc(N(c6ccccc6)c6ccccc6)cc2c53)B2c3oc5ccccc5c3N(c3ccccc3)c3cc(N(c5ccccc5)c5ccccc5)cc(c32)O4)cc1. The molecule has 0 spiro atoms. The molecule has 1 aromatic heterocycles. The molecule has 95 heavy (non-hydrogen) atoms. The highest BCUT2D eigenvalue weighted by atomic mass is 16.5. The zero-order chi connectivity index (χ0) is 62.5. The van der Waals surface area contributed by atoms with Crippen LogP contribution >= 0.6 is 0 Å². The van der Waals surface area contributed by atoms with Crippen LogP contribution in [0.5, 0.6) is 11.5 Å². The molecule has 5 heterocycles. The second kappa shape index (κ2) is 22.2. The first-order valence-electron chi connectivity index (χ1n) is 32.6. The van der Waals surface area contributed by atoms with Gasteiger partial charge in [-0.25, -0.2) is 0 Å². The average Bonchev–Trinajstić information content (AvgIpc) is 1.52. The Labute approximate surface area is 552 Å². The van der Waals surface area contributed by atoms with Gasteiger partial charge in [0.1, 0.15) is 17.1 Å². The van der Waals surface area contributed by atoms with E-state index in [0.717, 1.165) is 152 Å². The number of nitrogens with zero attached hydrogens (tertiary/aromatic N) is 5. The minimum atomic E-state index is -0.398. The first-order chi connectivity index (χ1) is 47.2. The Kier molecular flexibility index (Phi) is 12.7. The van der Waals surface area contributed by atoms with Crippen LogP contribution < -0.4 is 62.2 Å². The zero-order valence-electron chi connectivity index (χ0n) is 51.6. The number of ether oxygens (including phenoxy) is 1. The van der Waals surface area contributed by atoms with Crippen LogP contribution in [0.15, 0.2) is 350 Å². The van der Waals surface area contributed by atoms with Crippen molar-refractivity contribution in [3.8, 4) is 33.8 Å². The molecule has 7 nitrogen and oxygen atoms in total. The lowest BCUT2D eigenvalue weighted by Crippen LogP contribution is -2.64. The highest BCUT2D eigenvalue weighted by molar-refractivity contribution is 7.02. The molecule has 0 saturated carbocycles. The molecular formula is C86H57B2N5O2. The van der Waals surface area contributed by atoms with Gasteiger partial charge >= 0.3 is 6.71 Å². The van der Waals surface area contributed by atoms with E-state index in [1.54, 1.807) is 0 Å². The molecule has 0 aliphatic carbocycles. The summed E-state index contributed by atoms with van der Waals surface area (Å²) in [6.45, 7) is -0.661. The number of anilines is 15. The van der Waals surface area contributed by atoms with E-state index in [2.05, 4.69) is 370 Å². The van der Waals surface area contributed by atoms with Crippen molar-refractivity contribution in [3.05, 3.63) is 346 Å². The van der Waals surface area contributed by atoms with Crippen molar-refractivity contribution < 1.29 is 9.15 Å². The van der Waals surface area contributed by atoms with Gasteiger partial charge in [0, 0.05) is 96.7 Å². The monoisotopic (exact) mass is 1210 g/mol. The molecule has 0 fully saturated rings. The molecule has 0 unspecified atom stereocenters. The Morgan fingerprint density at radius 1 is 0.274 bits per heavy atom. The van der Waals surface area contributed by atoms with E-state index in [-0.39, 0.29) is 6.71 Å². The Morgan fingerprint density at radius 2 is 0.726 bits per heavy atom. The molecule has 4 aliphatic rings. The fraction of sp³-hybridized carbons (Fsp3) is 0. The Bertz CT molecular complexity index is 5300. The van der Waals surface area contributed by atoms with Crippen molar-refractivity contribution in [1.82, 2.24) is 0 Å². The van der Waals surface area contributed by atoms with E-state index in [1.165, 1.54) is 10.9 Å². The maximum atomic E-state index is 7.92. The predicted molar refractivity (Wildman–Crippen MR) is 396 cm³/mol. The van der Waals surface area contributed by atoms with E-state index in [0.29, 0.717) is 0 Å². The minimum absolute atomic E-state index is 0.263. The van der Waals surface area contributed by atoms with Gasteiger partial charge in [-0.3, -0.25) is 0 Å². The summed E-state index contributed by atoms with van der Waals surface area (Å²) in [6, 6.07) is 125. The summed E-state index contributed by atoms with van der Waals surface area (Å²) in [6.07, 6.45) is 0. The first kappa shape index (κ1) is 54.3. The lowest BCUT2D eigenvalue weighted by atomic mass is 9.31. The fourth-order valence-electron chi connectivity index (χ4n) is 15.5. The largest absolute Gasteiger partial charge is 0.468 e. The molecule has 444 valence electrons. The molecular weight excluding hydrogens is 1160 g/mol. The maximum absolute atomic E-state index is 7.92. The van der Waals surface area contributed by atoms with Crippen molar-refractivity contribution in [1.29, 1.82) is 0 Å². The third-order valence-corrected chi connectivity index (χ3v) is 19.4. The number of hydrogen-bond donors (Lipinski definition) is 0. The minimum Gasteiger partial charge on any atom is -0.468 e. The van der Waals surface area contributed by atoms with E-state index in [1.807, 2.05) is 0 Å². The standard InChI is InChI=1S/C86H57B2N5O2/c1-9-30-58(31-10-1)68-47-29-48-69(59-32-11-2-12-33-59)84(68)93-75-57-80-73(56-72(75)87-71-49-26-27-50-74(71)91(64-42-21-7-22-43-64)76-52-66(53-77(93)82(76)87)89(60-34-13-3-14-35-60)61-36-15-4-16-37-61)88-83-78(92(65-44-23-8-24-45-65)85-70-46-25-28-51-79(70)95-86(85)88)54-67(55-81(83)94-80)90(62-38-17-5-18-39-62)63-40-19-6-20-41-63/h1-57H. The Balaban J connectivity index is 0.952. The van der Waals surface area contributed by atoms with Crippen LogP contribution in [0, 0.1) is 0 Å². The molecule has 0 bridgehead atoms. The third kappa shape index (κ3) is 8.70. The van der Waals surface area contributed by atoms with Crippen LogP contribution in [0.2, 0.25) is 0 Å². The van der Waals surface area contributed by atoms with Crippen molar-refractivity contribution in [2.45, 2.75) is 0 Å². The number of benzene rings is 14. The lowest BCUT2D eigenvalue weighted by molar-refractivity contribution is 0.487. The van der Waals surface area contributed by atoms with Crippen molar-refractivity contribution in [2.24, 2.45) is 0 Å². The molecule has 4 aliphatic heterocycles. The molecule has 0 radical (unpaired) electrons. The predicted octanol–water partition coefficient (Wildman–Crippen LogP) is 19.2. The van der Waals surface area contributed by atoms with Gasteiger partial charge in [0.2, 0.25) is 0 Å². The second-order valence-corrected chi connectivity index (χ2v) is 24.7. The van der Waals surface area contributed by atoms with E-state index in [4.69, 9.17) is 9.15 Å². The zero-order valence-corrected chi connectivity index (χ0v) is 51.6. The molecule has 19 rings (SSSR count). The third-order valence-electron chi connectivity index (χ3n) is 19.4. The highest BCUT2D eigenvalue weighted by Crippen LogP contribution is 2.54. The number of para-hydroxylation sites is 9. The smallest absolute Gasteiger partial charge is 0.301 e. The van der Waals surface area contributed by atoms with Gasteiger partial charge in [0.25, 0.3) is 6.71 Å². The van der Waals surface area contributed by atoms with Gasteiger partial charge in [-0.1, -0.05) is 224 Å². The van der Waals surface area contributed by atoms with Crippen LogP contribution in [0.25, 0.3) is 33.2 Å². The summed E-state index contributed by atoms with van der Waals surface area (Å²) in [5.74, 6) is 1.51. The normalized spacial score (nSPS) is 12.8. The van der Waals surface area contributed by atoms with Gasteiger partial charge in [0.05, 0.1) is 28.4 Å². The Hall–Kier alpha value is -12.5. The summed E-state index contributed by atoms with van der Waals surface area (Å²) >= 11 is 0. The maximum Gasteiger partial charge on any atom is 0.301 e. The van der Waals surface area contributed by atoms with E-state index >= 15 is 0 Å². The summed E-state index contributed by atoms with van der Waals surface area (Å²) < 4.78 is 15.4. The molecule has 0 saturated heterocycles.